The van der Waals surface area contributed by atoms with Crippen LogP contribution < -0.4 is 14.8 Å². The number of quaternary nitrogens is 1. The molecule has 0 radical (unpaired) electrons. The van der Waals surface area contributed by atoms with E-state index >= 15 is 0 Å². The standard InChI is InChI=1S/C19H21FN2O3/c1-23-18-8-5-14(9-19(18)24-2)17-10-16(25-22-17)12-21-11-13-3-6-15(20)7-4-13/h3-9,16,21H,10-12H2,1-2H3/p+1/t16-/m0/s1. The summed E-state index contributed by atoms with van der Waals surface area (Å²) in [4.78, 5) is 5.53. The highest BCUT2D eigenvalue weighted by molar-refractivity contribution is 6.01. The van der Waals surface area contributed by atoms with Crippen molar-refractivity contribution in [1.82, 2.24) is 0 Å². The van der Waals surface area contributed by atoms with Gasteiger partial charge in [0.15, 0.2) is 17.6 Å². The van der Waals surface area contributed by atoms with Gasteiger partial charge in [-0.2, -0.15) is 0 Å². The van der Waals surface area contributed by atoms with Crippen molar-refractivity contribution in [3.8, 4) is 11.5 Å². The lowest BCUT2D eigenvalue weighted by atomic mass is 10.0. The summed E-state index contributed by atoms with van der Waals surface area (Å²) in [7, 11) is 3.22. The van der Waals surface area contributed by atoms with E-state index in [4.69, 9.17) is 14.3 Å². The van der Waals surface area contributed by atoms with Crippen molar-refractivity contribution in [2.24, 2.45) is 5.16 Å². The van der Waals surface area contributed by atoms with Crippen LogP contribution in [0.1, 0.15) is 17.5 Å². The Balaban J connectivity index is 1.52. The molecule has 6 heteroatoms. The van der Waals surface area contributed by atoms with Crippen LogP contribution in [0.5, 0.6) is 11.5 Å². The van der Waals surface area contributed by atoms with E-state index in [0.29, 0.717) is 11.5 Å². The number of hydrogen-bond donors (Lipinski definition) is 1. The maximum Gasteiger partial charge on any atom is 0.181 e. The molecule has 0 bridgehead atoms. The SMILES string of the molecule is COc1ccc(C2=NO[C@H](C[NH2+]Cc3ccc(F)cc3)C2)cc1OC. The number of methoxy groups -OCH3 is 2. The third kappa shape index (κ3) is 4.28. The number of oxime groups is 1. The Morgan fingerprint density at radius 2 is 1.88 bits per heavy atom. The maximum atomic E-state index is 12.9. The number of benzene rings is 2. The van der Waals surface area contributed by atoms with Crippen molar-refractivity contribution in [2.45, 2.75) is 19.1 Å². The molecule has 5 nitrogen and oxygen atoms in total. The van der Waals surface area contributed by atoms with Gasteiger partial charge in [-0.25, -0.2) is 4.39 Å². The van der Waals surface area contributed by atoms with Gasteiger partial charge in [0.05, 0.1) is 19.9 Å². The van der Waals surface area contributed by atoms with E-state index in [1.807, 2.05) is 18.2 Å². The van der Waals surface area contributed by atoms with Crippen LogP contribution in [0.3, 0.4) is 0 Å². The van der Waals surface area contributed by atoms with Crippen LogP contribution in [-0.2, 0) is 11.4 Å². The molecule has 132 valence electrons. The summed E-state index contributed by atoms with van der Waals surface area (Å²) >= 11 is 0. The lowest BCUT2D eigenvalue weighted by molar-refractivity contribution is -0.676. The normalized spacial score (nSPS) is 16.3. The molecule has 2 N–H and O–H groups in total. The van der Waals surface area contributed by atoms with Crippen molar-refractivity contribution < 1.29 is 24.0 Å². The predicted octanol–water partition coefficient (Wildman–Crippen LogP) is 2.10. The molecular formula is C19H22FN2O3+. The third-order valence-corrected chi connectivity index (χ3v) is 4.17. The summed E-state index contributed by atoms with van der Waals surface area (Å²) < 4.78 is 23.5. The van der Waals surface area contributed by atoms with E-state index in [2.05, 4.69) is 10.5 Å². The van der Waals surface area contributed by atoms with E-state index in [0.717, 1.165) is 36.3 Å². The summed E-state index contributed by atoms with van der Waals surface area (Å²) in [6.45, 7) is 1.57. The Hall–Kier alpha value is -2.60. The Bertz CT molecular complexity index is 747. The predicted molar refractivity (Wildman–Crippen MR) is 92.5 cm³/mol. The van der Waals surface area contributed by atoms with Gasteiger partial charge < -0.3 is 19.6 Å². The first kappa shape index (κ1) is 17.2. The smallest absolute Gasteiger partial charge is 0.181 e. The van der Waals surface area contributed by atoms with Gasteiger partial charge in [0.25, 0.3) is 0 Å². The van der Waals surface area contributed by atoms with Crippen molar-refractivity contribution >= 4 is 5.71 Å². The lowest BCUT2D eigenvalue weighted by Crippen LogP contribution is -2.84. The summed E-state index contributed by atoms with van der Waals surface area (Å²) in [6, 6.07) is 12.3. The van der Waals surface area contributed by atoms with Crippen molar-refractivity contribution in [1.29, 1.82) is 0 Å². The highest BCUT2D eigenvalue weighted by Crippen LogP contribution is 2.29. The molecule has 25 heavy (non-hydrogen) atoms. The monoisotopic (exact) mass is 345 g/mol. The molecule has 1 aliphatic heterocycles. The minimum absolute atomic E-state index is 0.0311. The van der Waals surface area contributed by atoms with Gasteiger partial charge in [-0.1, -0.05) is 17.3 Å². The quantitative estimate of drug-likeness (QED) is 0.836. The molecule has 0 saturated carbocycles. The second-order valence-corrected chi connectivity index (χ2v) is 5.89. The zero-order valence-corrected chi connectivity index (χ0v) is 14.4. The number of nitrogens with two attached hydrogens (primary N) is 1. The highest BCUT2D eigenvalue weighted by atomic mass is 19.1. The number of ether oxygens (including phenoxy) is 2. The molecule has 0 aromatic heterocycles. The van der Waals surface area contributed by atoms with E-state index in [1.165, 1.54) is 12.1 Å². The highest BCUT2D eigenvalue weighted by Gasteiger charge is 2.24. The largest absolute Gasteiger partial charge is 0.493 e. The molecule has 1 heterocycles. The molecule has 0 aliphatic carbocycles. The molecular weight excluding hydrogens is 323 g/mol. The fourth-order valence-corrected chi connectivity index (χ4v) is 2.80. The number of halogens is 1. The second-order valence-electron chi connectivity index (χ2n) is 5.89. The van der Waals surface area contributed by atoms with Gasteiger partial charge in [-0.15, -0.1) is 0 Å². The number of rotatable bonds is 7. The maximum absolute atomic E-state index is 12.9. The average molecular weight is 345 g/mol. The van der Waals surface area contributed by atoms with Crippen molar-refractivity contribution in [2.75, 3.05) is 20.8 Å². The van der Waals surface area contributed by atoms with E-state index < -0.39 is 0 Å². The minimum atomic E-state index is -0.212. The lowest BCUT2D eigenvalue weighted by Gasteiger charge is -2.09. The fourth-order valence-electron chi connectivity index (χ4n) is 2.80. The molecule has 1 aliphatic rings. The third-order valence-electron chi connectivity index (χ3n) is 4.17. The number of nitrogens with zero attached hydrogens (tertiary/aromatic N) is 1. The van der Waals surface area contributed by atoms with Crippen LogP contribution in [-0.4, -0.2) is 32.6 Å². The minimum Gasteiger partial charge on any atom is -0.493 e. The van der Waals surface area contributed by atoms with E-state index in [1.54, 1.807) is 26.4 Å². The number of hydrogen-bond acceptors (Lipinski definition) is 4. The Labute approximate surface area is 146 Å². The molecule has 0 unspecified atom stereocenters. The van der Waals surface area contributed by atoms with Crippen LogP contribution in [0.2, 0.25) is 0 Å². The Morgan fingerprint density at radius 3 is 2.60 bits per heavy atom. The first-order chi connectivity index (χ1) is 12.2. The molecule has 0 spiro atoms. The van der Waals surface area contributed by atoms with Crippen LogP contribution in [0.25, 0.3) is 0 Å². The first-order valence-corrected chi connectivity index (χ1v) is 8.21. The summed E-state index contributed by atoms with van der Waals surface area (Å²) in [5, 5.41) is 6.35. The molecule has 1 atom stereocenters. The molecule has 0 fully saturated rings. The molecule has 0 saturated heterocycles. The molecule has 0 amide bonds. The van der Waals surface area contributed by atoms with E-state index in [-0.39, 0.29) is 11.9 Å². The molecule has 3 rings (SSSR count). The molecule has 2 aromatic rings. The molecule has 2 aromatic carbocycles. The van der Waals surface area contributed by atoms with Gasteiger partial charge in [0, 0.05) is 17.5 Å². The average Bonchev–Trinajstić information content (AvgIpc) is 3.11. The zero-order chi connectivity index (χ0) is 17.6. The van der Waals surface area contributed by atoms with Gasteiger partial charge in [-0.3, -0.25) is 0 Å². The van der Waals surface area contributed by atoms with Gasteiger partial charge in [0.1, 0.15) is 18.9 Å². The van der Waals surface area contributed by atoms with E-state index in [9.17, 15) is 4.39 Å². The van der Waals surface area contributed by atoms with Crippen LogP contribution in [0.4, 0.5) is 4.39 Å². The second kappa shape index (κ2) is 7.98. The summed E-state index contributed by atoms with van der Waals surface area (Å²) in [6.07, 6.45) is 0.776. The van der Waals surface area contributed by atoms with Crippen LogP contribution in [0, 0.1) is 5.82 Å². The van der Waals surface area contributed by atoms with Crippen molar-refractivity contribution in [3.63, 3.8) is 0 Å². The van der Waals surface area contributed by atoms with Crippen molar-refractivity contribution in [3.05, 3.63) is 59.4 Å². The topological polar surface area (TPSA) is 56.7 Å². The van der Waals surface area contributed by atoms with Gasteiger partial charge in [-0.05, 0) is 30.3 Å². The van der Waals surface area contributed by atoms with Gasteiger partial charge >= 0.3 is 0 Å². The zero-order valence-electron chi connectivity index (χ0n) is 14.4. The Kier molecular flexibility index (Phi) is 5.50. The summed E-state index contributed by atoms with van der Waals surface area (Å²) in [5.41, 5.74) is 2.96. The first-order valence-electron chi connectivity index (χ1n) is 8.21. The fraction of sp³-hybridized carbons (Fsp3) is 0.316. The Morgan fingerprint density at radius 1 is 1.12 bits per heavy atom. The van der Waals surface area contributed by atoms with Gasteiger partial charge in [0.2, 0.25) is 0 Å². The van der Waals surface area contributed by atoms with Crippen LogP contribution in [0.15, 0.2) is 47.6 Å². The van der Waals surface area contributed by atoms with Crippen LogP contribution >= 0.6 is 0 Å². The summed E-state index contributed by atoms with van der Waals surface area (Å²) in [5.74, 6) is 1.15.